The van der Waals surface area contributed by atoms with E-state index < -0.39 is 0 Å². The lowest BCUT2D eigenvalue weighted by atomic mass is 10.2. The topological polar surface area (TPSA) is 69.0 Å². The first kappa shape index (κ1) is 15.8. The lowest BCUT2D eigenvalue weighted by Crippen LogP contribution is -2.13. The Kier molecular flexibility index (Phi) is 4.07. The molecule has 128 valence electrons. The van der Waals surface area contributed by atoms with E-state index in [1.807, 2.05) is 42.5 Å². The van der Waals surface area contributed by atoms with E-state index in [1.165, 1.54) is 0 Å². The Morgan fingerprint density at radius 1 is 0.923 bits per heavy atom. The van der Waals surface area contributed by atoms with Crippen molar-refractivity contribution in [2.45, 2.75) is 0 Å². The van der Waals surface area contributed by atoms with E-state index in [4.69, 9.17) is 4.74 Å². The predicted octanol–water partition coefficient (Wildman–Crippen LogP) is 3.68. The van der Waals surface area contributed by atoms with E-state index in [-0.39, 0.29) is 5.91 Å². The summed E-state index contributed by atoms with van der Waals surface area (Å²) in [5.41, 5.74) is 3.45. The van der Waals surface area contributed by atoms with Crippen LogP contribution in [0.4, 0.5) is 5.69 Å². The molecule has 3 aromatic carbocycles. The van der Waals surface area contributed by atoms with Crippen molar-refractivity contribution in [3.63, 3.8) is 0 Å². The van der Waals surface area contributed by atoms with Gasteiger partial charge in [-0.3, -0.25) is 4.79 Å². The van der Waals surface area contributed by atoms with E-state index in [0.717, 1.165) is 11.2 Å². The number of rotatable bonds is 4. The van der Waals surface area contributed by atoms with Crippen LogP contribution in [0.2, 0.25) is 0 Å². The molecule has 1 heterocycles. The number of benzene rings is 3. The van der Waals surface area contributed by atoms with Crippen LogP contribution in [-0.2, 0) is 0 Å². The van der Waals surface area contributed by atoms with Crippen LogP contribution in [0.25, 0.3) is 16.7 Å². The summed E-state index contributed by atoms with van der Waals surface area (Å²) in [7, 11) is 1.54. The summed E-state index contributed by atoms with van der Waals surface area (Å²) in [6.45, 7) is 0. The molecule has 0 saturated carbocycles. The SMILES string of the molecule is COc1ccccc1C(=O)Nc1ccc2nn(-c3ccccc3)nc2c1. The molecular weight excluding hydrogens is 328 g/mol. The number of amides is 1. The van der Waals surface area contributed by atoms with Crippen molar-refractivity contribution in [2.24, 2.45) is 0 Å². The standard InChI is InChI=1S/C20H16N4O2/c1-26-19-10-6-5-9-16(19)20(25)21-14-11-12-17-18(13-14)23-24(22-17)15-7-3-2-4-8-15/h2-13H,1H3,(H,21,25). The van der Waals surface area contributed by atoms with Gasteiger partial charge in [0.05, 0.1) is 18.4 Å². The third kappa shape index (κ3) is 3.00. The summed E-state index contributed by atoms with van der Waals surface area (Å²) in [5.74, 6) is 0.290. The van der Waals surface area contributed by atoms with Gasteiger partial charge in [-0.1, -0.05) is 30.3 Å². The highest BCUT2D eigenvalue weighted by Crippen LogP contribution is 2.21. The van der Waals surface area contributed by atoms with Crippen molar-refractivity contribution >= 4 is 22.6 Å². The second-order valence-electron chi connectivity index (χ2n) is 5.68. The first-order valence-corrected chi connectivity index (χ1v) is 8.11. The molecule has 6 nitrogen and oxygen atoms in total. The lowest BCUT2D eigenvalue weighted by Gasteiger charge is -2.08. The van der Waals surface area contributed by atoms with Crippen LogP contribution in [0.3, 0.4) is 0 Å². The molecule has 0 atom stereocenters. The van der Waals surface area contributed by atoms with Gasteiger partial charge < -0.3 is 10.1 Å². The van der Waals surface area contributed by atoms with Gasteiger partial charge in [0.2, 0.25) is 0 Å². The Bertz CT molecular complexity index is 1070. The van der Waals surface area contributed by atoms with Crippen molar-refractivity contribution < 1.29 is 9.53 Å². The van der Waals surface area contributed by atoms with E-state index in [9.17, 15) is 4.79 Å². The molecule has 1 amide bonds. The Labute approximate surface area is 150 Å². The van der Waals surface area contributed by atoms with Crippen LogP contribution in [0.5, 0.6) is 5.75 Å². The number of aromatic nitrogens is 3. The number of para-hydroxylation sites is 2. The van der Waals surface area contributed by atoms with E-state index >= 15 is 0 Å². The number of methoxy groups -OCH3 is 1. The van der Waals surface area contributed by atoms with Crippen LogP contribution >= 0.6 is 0 Å². The fourth-order valence-corrected chi connectivity index (χ4v) is 2.70. The molecule has 1 N–H and O–H groups in total. The van der Waals surface area contributed by atoms with Crippen molar-refractivity contribution in [3.8, 4) is 11.4 Å². The summed E-state index contributed by atoms with van der Waals surface area (Å²) >= 11 is 0. The summed E-state index contributed by atoms with van der Waals surface area (Å²) in [6, 6.07) is 22.2. The molecule has 1 aromatic heterocycles. The maximum absolute atomic E-state index is 12.5. The highest BCUT2D eigenvalue weighted by atomic mass is 16.5. The van der Waals surface area contributed by atoms with Crippen LogP contribution in [0, 0.1) is 0 Å². The number of nitrogens with zero attached hydrogens (tertiary/aromatic N) is 3. The van der Waals surface area contributed by atoms with Gasteiger partial charge in [-0.05, 0) is 42.5 Å². The summed E-state index contributed by atoms with van der Waals surface area (Å²) in [5, 5.41) is 11.8. The molecule has 4 rings (SSSR count). The molecule has 26 heavy (non-hydrogen) atoms. The number of hydrogen-bond acceptors (Lipinski definition) is 4. The highest BCUT2D eigenvalue weighted by molar-refractivity contribution is 6.06. The van der Waals surface area contributed by atoms with Gasteiger partial charge in [0, 0.05) is 5.69 Å². The quantitative estimate of drug-likeness (QED) is 0.613. The van der Waals surface area contributed by atoms with Crippen molar-refractivity contribution in [2.75, 3.05) is 12.4 Å². The number of fused-ring (bicyclic) bond motifs is 1. The maximum Gasteiger partial charge on any atom is 0.259 e. The number of carbonyl (C=O) groups excluding carboxylic acids is 1. The zero-order valence-electron chi connectivity index (χ0n) is 14.1. The van der Waals surface area contributed by atoms with Crippen molar-refractivity contribution in [3.05, 3.63) is 78.4 Å². The molecular formula is C20H16N4O2. The van der Waals surface area contributed by atoms with Gasteiger partial charge in [0.25, 0.3) is 5.91 Å². The molecule has 0 radical (unpaired) electrons. The van der Waals surface area contributed by atoms with E-state index in [0.29, 0.717) is 22.5 Å². The van der Waals surface area contributed by atoms with E-state index in [2.05, 4.69) is 15.5 Å². The average molecular weight is 344 g/mol. The van der Waals surface area contributed by atoms with Crippen LogP contribution in [0.1, 0.15) is 10.4 Å². The molecule has 0 unspecified atom stereocenters. The van der Waals surface area contributed by atoms with Crippen LogP contribution in [0.15, 0.2) is 72.8 Å². The van der Waals surface area contributed by atoms with Gasteiger partial charge in [-0.15, -0.1) is 10.2 Å². The smallest absolute Gasteiger partial charge is 0.259 e. The summed E-state index contributed by atoms with van der Waals surface area (Å²) in [6.07, 6.45) is 0. The predicted molar refractivity (Wildman–Crippen MR) is 99.8 cm³/mol. The fraction of sp³-hybridized carbons (Fsp3) is 0.0500. The Hall–Kier alpha value is -3.67. The third-order valence-electron chi connectivity index (χ3n) is 3.98. The molecule has 0 fully saturated rings. The Morgan fingerprint density at radius 3 is 2.46 bits per heavy atom. The molecule has 0 aliphatic rings. The molecule has 4 aromatic rings. The lowest BCUT2D eigenvalue weighted by molar-refractivity contribution is 0.102. The zero-order chi connectivity index (χ0) is 17.9. The summed E-state index contributed by atoms with van der Waals surface area (Å²) in [4.78, 5) is 14.1. The van der Waals surface area contributed by atoms with Crippen molar-refractivity contribution in [1.29, 1.82) is 0 Å². The monoisotopic (exact) mass is 344 g/mol. The third-order valence-corrected chi connectivity index (χ3v) is 3.98. The van der Waals surface area contributed by atoms with Crippen LogP contribution < -0.4 is 10.1 Å². The number of anilines is 1. The van der Waals surface area contributed by atoms with Gasteiger partial charge >= 0.3 is 0 Å². The first-order chi connectivity index (χ1) is 12.7. The second-order valence-corrected chi connectivity index (χ2v) is 5.68. The zero-order valence-corrected chi connectivity index (χ0v) is 14.1. The minimum absolute atomic E-state index is 0.239. The molecule has 0 aliphatic heterocycles. The number of ether oxygens (including phenoxy) is 1. The van der Waals surface area contributed by atoms with E-state index in [1.54, 1.807) is 42.2 Å². The number of nitrogens with one attached hydrogen (secondary N) is 1. The normalized spacial score (nSPS) is 10.7. The fourth-order valence-electron chi connectivity index (χ4n) is 2.70. The molecule has 0 aliphatic carbocycles. The molecule has 0 bridgehead atoms. The van der Waals surface area contributed by atoms with Gasteiger partial charge in [-0.2, -0.15) is 4.80 Å². The largest absolute Gasteiger partial charge is 0.496 e. The second kappa shape index (κ2) is 6.68. The van der Waals surface area contributed by atoms with Crippen molar-refractivity contribution in [1.82, 2.24) is 15.0 Å². The van der Waals surface area contributed by atoms with Gasteiger partial charge in [0.15, 0.2) is 0 Å². The summed E-state index contributed by atoms with van der Waals surface area (Å²) < 4.78 is 5.24. The highest BCUT2D eigenvalue weighted by Gasteiger charge is 2.12. The number of carbonyl (C=O) groups is 1. The number of hydrogen-bond donors (Lipinski definition) is 1. The Morgan fingerprint density at radius 2 is 1.65 bits per heavy atom. The van der Waals surface area contributed by atoms with Crippen LogP contribution in [-0.4, -0.2) is 28.0 Å². The maximum atomic E-state index is 12.5. The first-order valence-electron chi connectivity index (χ1n) is 8.11. The molecule has 0 spiro atoms. The minimum atomic E-state index is -0.239. The Balaban J connectivity index is 1.62. The average Bonchev–Trinajstić information content (AvgIpc) is 3.12. The van der Waals surface area contributed by atoms with Gasteiger partial charge in [0.1, 0.15) is 16.8 Å². The molecule has 6 heteroatoms. The molecule has 0 saturated heterocycles. The van der Waals surface area contributed by atoms with Gasteiger partial charge in [-0.25, -0.2) is 0 Å². The minimum Gasteiger partial charge on any atom is -0.496 e.